The molecule has 0 bridgehead atoms. The van der Waals surface area contributed by atoms with Crippen LogP contribution in [0.25, 0.3) is 0 Å². The van der Waals surface area contributed by atoms with Crippen LogP contribution >= 0.6 is 0 Å². The first kappa shape index (κ1) is 24.2. The second-order valence-corrected chi connectivity index (χ2v) is 2.68. The van der Waals surface area contributed by atoms with Gasteiger partial charge in [0.05, 0.1) is 0 Å². The molecule has 0 aromatic rings. The average molecular weight is 228 g/mol. The van der Waals surface area contributed by atoms with E-state index in [0.29, 0.717) is 0 Å². The molecule has 0 radical (unpaired) electrons. The molecule has 0 aliphatic heterocycles. The minimum absolute atomic E-state index is 0. The smallest absolute Gasteiger partial charge is 1.00 e. The summed E-state index contributed by atoms with van der Waals surface area (Å²) >= 11 is 0. The fourth-order valence-corrected chi connectivity index (χ4v) is 0. The Morgan fingerprint density at radius 3 is 1.14 bits per heavy atom. The molecule has 0 spiro atoms. The third-order valence-corrected chi connectivity index (χ3v) is 0.877. The van der Waals surface area contributed by atoms with Gasteiger partial charge in [-0.15, -0.1) is 0 Å². The summed E-state index contributed by atoms with van der Waals surface area (Å²) in [5, 5.41) is 21.5. The summed E-state index contributed by atoms with van der Waals surface area (Å²) in [5.41, 5.74) is -5.53. The van der Waals surface area contributed by atoms with Gasteiger partial charge in [0.15, 0.2) is 0 Å². The van der Waals surface area contributed by atoms with Crippen LogP contribution in [0.5, 0.6) is 0 Å². The third kappa shape index (κ3) is 18.6. The van der Waals surface area contributed by atoms with Crippen LogP contribution in [0.4, 0.5) is 13.2 Å². The zero-order chi connectivity index (χ0) is 10.6. The van der Waals surface area contributed by atoms with Gasteiger partial charge in [-0.3, -0.25) is 4.55 Å². The Hall–Kier alpha value is 0.840. The maximum absolute atomic E-state index is 10.7. The zero-order valence-electron chi connectivity index (χ0n) is 9.22. The normalized spacial score (nSPS) is 9.93. The third-order valence-electron chi connectivity index (χ3n) is 0.292. The molecule has 0 amide bonds. The number of rotatable bonds is 0. The first-order chi connectivity index (χ1) is 4.98. The first-order valence-corrected chi connectivity index (χ1v) is 3.50. The van der Waals surface area contributed by atoms with Crippen molar-refractivity contribution in [1.82, 2.24) is 0 Å². The van der Waals surface area contributed by atoms with E-state index in [0.717, 1.165) is 0 Å². The first-order valence-electron chi connectivity index (χ1n) is 2.06. The molecule has 0 aromatic carbocycles. The Morgan fingerprint density at radius 1 is 1.07 bits per heavy atom. The average Bonchev–Trinajstić information content (AvgIpc) is 1.55. The predicted molar refractivity (Wildman–Crippen MR) is 32.2 cm³/mol. The van der Waals surface area contributed by atoms with Gasteiger partial charge < -0.3 is 17.9 Å². The van der Waals surface area contributed by atoms with Gasteiger partial charge >= 0.3 is 60.7 Å². The van der Waals surface area contributed by atoms with Crippen LogP contribution in [0.2, 0.25) is 0 Å². The fourth-order valence-electron chi connectivity index (χ4n) is 0. The second kappa shape index (κ2) is 9.09. The van der Waals surface area contributed by atoms with Crippen LogP contribution in [0.15, 0.2) is 0 Å². The second-order valence-electron chi connectivity index (χ2n) is 1.27. The van der Waals surface area contributed by atoms with Crippen molar-refractivity contribution in [2.45, 2.75) is 5.51 Å². The summed E-state index contributed by atoms with van der Waals surface area (Å²) < 4.78 is 57.5. The summed E-state index contributed by atoms with van der Waals surface area (Å²) in [5.74, 6) is 0. The minimum atomic E-state index is -5.84. The van der Waals surface area contributed by atoms with E-state index >= 15 is 0 Å². The largest absolute Gasteiger partial charge is 1.00 e. The maximum atomic E-state index is 10.7. The molecule has 0 rings (SSSR count). The van der Waals surface area contributed by atoms with E-state index in [9.17, 15) is 13.2 Å². The van der Waals surface area contributed by atoms with Crippen LogP contribution in [-0.2, 0) is 10.1 Å². The van der Waals surface area contributed by atoms with Crippen molar-refractivity contribution in [2.75, 3.05) is 0 Å². The quantitative estimate of drug-likeness (QED) is 0.186. The van der Waals surface area contributed by atoms with E-state index in [1.807, 2.05) is 0 Å². The molecule has 0 aliphatic rings. The van der Waals surface area contributed by atoms with Gasteiger partial charge in [0.1, 0.15) is 0 Å². The Balaban J connectivity index is -0.0000000281. The Bertz CT molecular complexity index is 220. The molecule has 13 heteroatoms. The van der Waals surface area contributed by atoms with Gasteiger partial charge in [0.2, 0.25) is 0 Å². The molecule has 6 nitrogen and oxygen atoms in total. The van der Waals surface area contributed by atoms with Crippen molar-refractivity contribution >= 4 is 17.4 Å². The molecule has 0 aliphatic carbocycles. The Labute approximate surface area is 105 Å². The van der Waals surface area contributed by atoms with Crippen molar-refractivity contribution in [3.63, 3.8) is 0 Å². The zero-order valence-corrected chi connectivity index (χ0v) is 8.04. The van der Waals surface area contributed by atoms with Crippen molar-refractivity contribution in [2.24, 2.45) is 0 Å². The van der Waals surface area contributed by atoms with Crippen LogP contribution < -0.4 is 37.7 Å². The molecule has 0 aromatic heterocycles. The topological polar surface area (TPSA) is 115 Å². The van der Waals surface area contributed by atoms with Crippen LogP contribution in [-0.4, -0.2) is 40.9 Å². The molecule has 0 saturated heterocycles. The van der Waals surface area contributed by atoms with Gasteiger partial charge in [-0.2, -0.15) is 21.6 Å². The van der Waals surface area contributed by atoms with Crippen LogP contribution in [0.1, 0.15) is 2.85 Å². The summed E-state index contributed by atoms with van der Waals surface area (Å²) in [4.78, 5) is 0. The molecule has 14 heavy (non-hydrogen) atoms. The molecule has 0 unspecified atom stereocenters. The van der Waals surface area contributed by atoms with Crippen LogP contribution in [0.3, 0.4) is 0 Å². The molecule has 0 fully saturated rings. The van der Waals surface area contributed by atoms with E-state index in [4.69, 9.17) is 28.0 Å². The monoisotopic (exact) mass is 228 g/mol. The minimum Gasteiger partial charge on any atom is -1.00 e. The molecule has 0 atom stereocenters. The fraction of sp³-hybridized carbons (Fsp3) is 1.00. The summed E-state index contributed by atoms with van der Waals surface area (Å²) in [7, 11) is -8.01. The van der Waals surface area contributed by atoms with Crippen molar-refractivity contribution < 1.29 is 81.8 Å². The number of halogens is 3. The van der Waals surface area contributed by atoms with E-state index in [1.54, 1.807) is 0 Å². The van der Waals surface area contributed by atoms with E-state index in [-0.39, 0.29) is 40.6 Å². The molecule has 0 heterocycles. The summed E-state index contributed by atoms with van der Waals surface area (Å²) in [6.07, 6.45) is 0. The Kier molecular flexibility index (Phi) is 15.7. The van der Waals surface area contributed by atoms with Gasteiger partial charge in [0.25, 0.3) is 0 Å². The van der Waals surface area contributed by atoms with E-state index in [1.165, 1.54) is 0 Å². The molecular formula is CH6BF3Li2O6S. The molecule has 4 N–H and O–H groups in total. The predicted octanol–water partition coefficient (Wildman–Crippen LogP) is -7.42. The standard InChI is InChI=1S/CHF3O3S.BH3O3.2Li.2H/c2-1(3,4)8(5,6)7;2-1(3)4;;;;/h(H,5,6,7);2-4H;;;;/q;;2*+1;2*-1. The van der Waals surface area contributed by atoms with Crippen LogP contribution in [0, 0.1) is 0 Å². The SMILES string of the molecule is O=S(=O)(O)C(F)(F)F.OB(O)O.[H-].[H-].[Li+].[Li+]. The van der Waals surface area contributed by atoms with Crippen molar-refractivity contribution in [1.29, 1.82) is 0 Å². The number of alkyl halides is 3. The van der Waals surface area contributed by atoms with Crippen molar-refractivity contribution in [3.05, 3.63) is 0 Å². The summed E-state index contributed by atoms with van der Waals surface area (Å²) in [6, 6.07) is 0. The molecule has 78 valence electrons. The van der Waals surface area contributed by atoms with Gasteiger partial charge in [0, 0.05) is 0 Å². The van der Waals surface area contributed by atoms with Gasteiger partial charge in [-0.25, -0.2) is 0 Å². The van der Waals surface area contributed by atoms with Gasteiger partial charge in [-0.05, 0) is 0 Å². The molecular weight excluding hydrogens is 222 g/mol. The van der Waals surface area contributed by atoms with E-state index < -0.39 is 22.9 Å². The number of hydrogen-bond acceptors (Lipinski definition) is 5. The van der Waals surface area contributed by atoms with Crippen molar-refractivity contribution in [3.8, 4) is 0 Å². The Morgan fingerprint density at radius 2 is 1.14 bits per heavy atom. The summed E-state index contributed by atoms with van der Waals surface area (Å²) in [6.45, 7) is 0. The van der Waals surface area contributed by atoms with Gasteiger partial charge in [-0.1, -0.05) is 0 Å². The molecule has 0 saturated carbocycles. The maximum Gasteiger partial charge on any atom is 1.00 e. The van der Waals surface area contributed by atoms with E-state index in [2.05, 4.69) is 0 Å². The number of hydrogen-bond donors (Lipinski definition) is 4.